The maximum atomic E-state index is 10.0. The van der Waals surface area contributed by atoms with E-state index in [-0.39, 0.29) is 6.54 Å². The number of hydrogen-bond donors (Lipinski definition) is 1. The molecule has 1 unspecified atom stereocenters. The van der Waals surface area contributed by atoms with E-state index in [0.717, 1.165) is 0 Å². The SMILES string of the molecule is CS(=O)NCC=O. The molecule has 0 rings (SSSR count). The van der Waals surface area contributed by atoms with E-state index in [1.165, 1.54) is 6.26 Å². The van der Waals surface area contributed by atoms with Gasteiger partial charge in [-0.15, -0.1) is 0 Å². The van der Waals surface area contributed by atoms with E-state index in [4.69, 9.17) is 0 Å². The number of aldehydes is 1. The predicted octanol–water partition coefficient (Wildman–Crippen LogP) is -0.932. The highest BCUT2D eigenvalue weighted by molar-refractivity contribution is 7.82. The zero-order chi connectivity index (χ0) is 5.70. The van der Waals surface area contributed by atoms with Crippen LogP contribution in [-0.2, 0) is 15.8 Å². The molecule has 0 aromatic rings. The maximum Gasteiger partial charge on any atom is 0.134 e. The van der Waals surface area contributed by atoms with E-state index >= 15 is 0 Å². The second kappa shape index (κ2) is 3.95. The first-order chi connectivity index (χ1) is 3.27. The molecule has 0 aliphatic rings. The van der Waals surface area contributed by atoms with Crippen molar-refractivity contribution in [1.29, 1.82) is 0 Å². The summed E-state index contributed by atoms with van der Waals surface area (Å²) in [5.41, 5.74) is 0. The van der Waals surface area contributed by atoms with Gasteiger partial charge in [0.2, 0.25) is 0 Å². The summed E-state index contributed by atoms with van der Waals surface area (Å²) in [7, 11) is -1.05. The Kier molecular flexibility index (Phi) is 3.83. The van der Waals surface area contributed by atoms with Gasteiger partial charge in [0.25, 0.3) is 0 Å². The van der Waals surface area contributed by atoms with Crippen LogP contribution in [0.1, 0.15) is 0 Å². The molecule has 42 valence electrons. The smallest absolute Gasteiger partial charge is 0.134 e. The maximum absolute atomic E-state index is 10.0. The molecule has 4 heteroatoms. The van der Waals surface area contributed by atoms with E-state index in [1.54, 1.807) is 0 Å². The summed E-state index contributed by atoms with van der Waals surface area (Å²) in [6, 6.07) is 0. The van der Waals surface area contributed by atoms with Crippen LogP contribution in [0.2, 0.25) is 0 Å². The zero-order valence-corrected chi connectivity index (χ0v) is 4.83. The first-order valence-corrected chi connectivity index (χ1v) is 3.33. The second-order valence-corrected chi connectivity index (χ2v) is 2.17. The van der Waals surface area contributed by atoms with Gasteiger partial charge in [0.05, 0.1) is 17.5 Å². The van der Waals surface area contributed by atoms with Crippen molar-refractivity contribution in [3.63, 3.8) is 0 Å². The molecule has 0 aliphatic carbocycles. The van der Waals surface area contributed by atoms with Crippen LogP contribution in [-0.4, -0.2) is 23.3 Å². The standard InChI is InChI=1S/C3H7NO2S/c1-7(6)4-2-3-5/h3-4H,2H2,1H3. The summed E-state index contributed by atoms with van der Waals surface area (Å²) in [5, 5.41) is 0. The Hall–Kier alpha value is -0.220. The van der Waals surface area contributed by atoms with Gasteiger partial charge in [-0.05, 0) is 0 Å². The monoisotopic (exact) mass is 121 g/mol. The van der Waals surface area contributed by atoms with Gasteiger partial charge in [0.1, 0.15) is 6.29 Å². The summed E-state index contributed by atoms with van der Waals surface area (Å²) in [4.78, 5) is 9.51. The fourth-order valence-electron chi connectivity index (χ4n) is 0.151. The summed E-state index contributed by atoms with van der Waals surface area (Å²) in [6.45, 7) is 0.170. The number of rotatable bonds is 3. The number of carbonyl (C=O) groups excluding carboxylic acids is 1. The molecule has 0 radical (unpaired) electrons. The van der Waals surface area contributed by atoms with Crippen molar-refractivity contribution in [2.75, 3.05) is 12.8 Å². The molecule has 1 N–H and O–H groups in total. The van der Waals surface area contributed by atoms with Crippen molar-refractivity contribution in [2.24, 2.45) is 0 Å². The van der Waals surface area contributed by atoms with Crippen LogP contribution in [0.3, 0.4) is 0 Å². The highest BCUT2D eigenvalue weighted by atomic mass is 32.2. The van der Waals surface area contributed by atoms with Crippen molar-refractivity contribution in [2.45, 2.75) is 0 Å². The van der Waals surface area contributed by atoms with Gasteiger partial charge in [-0.2, -0.15) is 0 Å². The van der Waals surface area contributed by atoms with E-state index in [0.29, 0.717) is 6.29 Å². The van der Waals surface area contributed by atoms with Gasteiger partial charge in [-0.1, -0.05) is 0 Å². The minimum Gasteiger partial charge on any atom is -0.302 e. The Morgan fingerprint density at radius 1 is 1.86 bits per heavy atom. The van der Waals surface area contributed by atoms with Gasteiger partial charge in [0.15, 0.2) is 0 Å². The third-order valence-electron chi connectivity index (χ3n) is 0.370. The molecule has 0 saturated heterocycles. The molecule has 0 heterocycles. The molecular formula is C3H7NO2S. The molecule has 1 atom stereocenters. The fraction of sp³-hybridized carbons (Fsp3) is 0.667. The zero-order valence-electron chi connectivity index (χ0n) is 4.01. The number of carbonyl (C=O) groups is 1. The molecule has 0 bridgehead atoms. The van der Waals surface area contributed by atoms with Crippen LogP contribution in [0.15, 0.2) is 0 Å². The van der Waals surface area contributed by atoms with Crippen LogP contribution in [0.4, 0.5) is 0 Å². The summed E-state index contributed by atoms with van der Waals surface area (Å²) in [6.07, 6.45) is 2.14. The fourth-order valence-corrected chi connectivity index (χ4v) is 0.454. The van der Waals surface area contributed by atoms with Crippen LogP contribution in [0.5, 0.6) is 0 Å². The minimum absolute atomic E-state index is 0.170. The topological polar surface area (TPSA) is 46.2 Å². The Balaban J connectivity index is 2.97. The Bertz CT molecular complexity index is 83.0. The Morgan fingerprint density at radius 2 is 2.43 bits per heavy atom. The first-order valence-electron chi connectivity index (χ1n) is 1.78. The molecule has 0 spiro atoms. The molecule has 0 amide bonds. The van der Waals surface area contributed by atoms with Crippen LogP contribution in [0, 0.1) is 0 Å². The number of nitrogens with one attached hydrogen (secondary N) is 1. The first kappa shape index (κ1) is 6.78. The van der Waals surface area contributed by atoms with Crippen LogP contribution in [0.25, 0.3) is 0 Å². The lowest BCUT2D eigenvalue weighted by molar-refractivity contribution is -0.106. The Labute approximate surface area is 44.7 Å². The lowest BCUT2D eigenvalue weighted by atomic mass is 10.8. The average molecular weight is 121 g/mol. The van der Waals surface area contributed by atoms with Crippen molar-refractivity contribution in [3.8, 4) is 0 Å². The third-order valence-corrected chi connectivity index (χ3v) is 0.943. The highest BCUT2D eigenvalue weighted by Crippen LogP contribution is 1.56. The molecule has 7 heavy (non-hydrogen) atoms. The average Bonchev–Trinajstić information content (AvgIpc) is 1.61. The molecule has 0 saturated carbocycles. The molecule has 0 fully saturated rings. The number of hydrogen-bond acceptors (Lipinski definition) is 2. The Morgan fingerprint density at radius 3 is 2.57 bits per heavy atom. The normalized spacial score (nSPS) is 13.3. The predicted molar refractivity (Wildman–Crippen MR) is 28.1 cm³/mol. The summed E-state index contributed by atoms with van der Waals surface area (Å²) in [5.74, 6) is 0. The molecule has 0 aromatic heterocycles. The van der Waals surface area contributed by atoms with Gasteiger partial charge in [0, 0.05) is 6.26 Å². The largest absolute Gasteiger partial charge is 0.302 e. The molecule has 0 aromatic carbocycles. The van der Waals surface area contributed by atoms with Crippen LogP contribution >= 0.6 is 0 Å². The highest BCUT2D eigenvalue weighted by Gasteiger charge is 1.81. The van der Waals surface area contributed by atoms with Crippen molar-refractivity contribution >= 4 is 17.3 Å². The van der Waals surface area contributed by atoms with Gasteiger partial charge in [-0.3, -0.25) is 0 Å². The third kappa shape index (κ3) is 5.78. The molecule has 0 aliphatic heterocycles. The summed E-state index contributed by atoms with van der Waals surface area (Å²) >= 11 is 0. The van der Waals surface area contributed by atoms with Crippen molar-refractivity contribution < 1.29 is 9.00 Å². The lowest BCUT2D eigenvalue weighted by Crippen LogP contribution is -2.17. The van der Waals surface area contributed by atoms with E-state index < -0.39 is 11.0 Å². The molecule has 3 nitrogen and oxygen atoms in total. The van der Waals surface area contributed by atoms with E-state index in [1.807, 2.05) is 0 Å². The van der Waals surface area contributed by atoms with Crippen molar-refractivity contribution in [1.82, 2.24) is 4.72 Å². The second-order valence-electron chi connectivity index (χ2n) is 0.969. The quantitative estimate of drug-likeness (QED) is 0.490. The summed E-state index contributed by atoms with van der Waals surface area (Å²) < 4.78 is 12.4. The minimum atomic E-state index is -1.05. The van der Waals surface area contributed by atoms with E-state index in [2.05, 4.69) is 4.72 Å². The van der Waals surface area contributed by atoms with Gasteiger partial charge in [-0.25, -0.2) is 8.93 Å². The van der Waals surface area contributed by atoms with E-state index in [9.17, 15) is 9.00 Å². The lowest BCUT2D eigenvalue weighted by Gasteiger charge is -1.87. The van der Waals surface area contributed by atoms with Gasteiger partial charge < -0.3 is 4.79 Å². The van der Waals surface area contributed by atoms with Gasteiger partial charge >= 0.3 is 0 Å². The molecular weight excluding hydrogens is 114 g/mol. The van der Waals surface area contributed by atoms with Crippen molar-refractivity contribution in [3.05, 3.63) is 0 Å². The van der Waals surface area contributed by atoms with Crippen LogP contribution < -0.4 is 4.72 Å².